The van der Waals surface area contributed by atoms with Gasteiger partial charge < -0.3 is 20.3 Å². The molecule has 1 aromatic rings. The summed E-state index contributed by atoms with van der Waals surface area (Å²) in [4.78, 5) is 10.7. The number of aromatic carboxylic acids is 1. The summed E-state index contributed by atoms with van der Waals surface area (Å²) < 4.78 is 0. The van der Waals surface area contributed by atoms with Gasteiger partial charge in [0.25, 0.3) is 0 Å². The summed E-state index contributed by atoms with van der Waals surface area (Å²) in [5, 5.41) is 35.4. The summed E-state index contributed by atoms with van der Waals surface area (Å²) in [6.07, 6.45) is 0. The zero-order chi connectivity index (χ0) is 10.7. The Balaban J connectivity index is 3.32. The van der Waals surface area contributed by atoms with Crippen LogP contribution in [0.1, 0.15) is 15.9 Å². The van der Waals surface area contributed by atoms with E-state index < -0.39 is 19.7 Å². The van der Waals surface area contributed by atoms with E-state index >= 15 is 0 Å². The predicted molar refractivity (Wildman–Crippen MR) is 49.1 cm³/mol. The van der Waals surface area contributed by atoms with Crippen LogP contribution in [0.25, 0.3) is 0 Å². The Kier molecular flexibility index (Phi) is 3.24. The van der Waals surface area contributed by atoms with Gasteiger partial charge in [-0.1, -0.05) is 12.1 Å². The van der Waals surface area contributed by atoms with Crippen LogP contribution < -0.4 is 5.46 Å². The lowest BCUT2D eigenvalue weighted by Gasteiger charge is -2.08. The SMILES string of the molecule is O=C(O)c1cccc(B(O)O)c1CO. The first-order chi connectivity index (χ1) is 6.57. The molecular weight excluding hydrogens is 187 g/mol. The molecule has 0 bridgehead atoms. The van der Waals surface area contributed by atoms with Crippen LogP contribution in [0.4, 0.5) is 0 Å². The van der Waals surface area contributed by atoms with E-state index in [2.05, 4.69) is 0 Å². The molecule has 0 saturated carbocycles. The summed E-state index contributed by atoms with van der Waals surface area (Å²) in [5.74, 6) is -1.21. The molecule has 0 fully saturated rings. The van der Waals surface area contributed by atoms with Crippen molar-refractivity contribution in [1.29, 1.82) is 0 Å². The lowest BCUT2D eigenvalue weighted by atomic mass is 9.76. The highest BCUT2D eigenvalue weighted by molar-refractivity contribution is 6.59. The third-order valence-corrected chi connectivity index (χ3v) is 1.88. The molecule has 4 N–H and O–H groups in total. The second-order valence-electron chi connectivity index (χ2n) is 2.71. The van der Waals surface area contributed by atoms with Crippen molar-refractivity contribution in [2.75, 3.05) is 0 Å². The van der Waals surface area contributed by atoms with Crippen molar-refractivity contribution in [3.05, 3.63) is 29.3 Å². The summed E-state index contributed by atoms with van der Waals surface area (Å²) in [6, 6.07) is 4.03. The van der Waals surface area contributed by atoms with Crippen molar-refractivity contribution in [3.63, 3.8) is 0 Å². The molecule has 74 valence electrons. The molecule has 0 heterocycles. The molecule has 14 heavy (non-hydrogen) atoms. The minimum atomic E-state index is -1.78. The van der Waals surface area contributed by atoms with E-state index in [1.54, 1.807) is 0 Å². The Bertz CT molecular complexity index is 350. The summed E-state index contributed by atoms with van der Waals surface area (Å²) >= 11 is 0. The monoisotopic (exact) mass is 196 g/mol. The Morgan fingerprint density at radius 2 is 2.00 bits per heavy atom. The van der Waals surface area contributed by atoms with Crippen LogP contribution in [0.15, 0.2) is 18.2 Å². The smallest absolute Gasteiger partial charge is 0.478 e. The number of aliphatic hydroxyl groups excluding tert-OH is 1. The van der Waals surface area contributed by atoms with Gasteiger partial charge in [0.2, 0.25) is 0 Å². The van der Waals surface area contributed by atoms with Gasteiger partial charge >= 0.3 is 13.1 Å². The fraction of sp³-hybridized carbons (Fsp3) is 0.125. The molecule has 0 aliphatic carbocycles. The van der Waals surface area contributed by atoms with Crippen molar-refractivity contribution >= 4 is 18.6 Å². The fourth-order valence-corrected chi connectivity index (χ4v) is 1.22. The van der Waals surface area contributed by atoms with Gasteiger partial charge in [-0.15, -0.1) is 0 Å². The minimum absolute atomic E-state index is 0.00685. The molecule has 1 rings (SSSR count). The molecule has 0 aliphatic heterocycles. The maximum absolute atomic E-state index is 10.7. The molecular formula is C8H9BO5. The molecule has 0 aliphatic rings. The van der Waals surface area contributed by atoms with Crippen molar-refractivity contribution in [1.82, 2.24) is 0 Å². The molecule has 0 aromatic heterocycles. The van der Waals surface area contributed by atoms with E-state index in [0.717, 1.165) is 0 Å². The summed E-state index contributed by atoms with van der Waals surface area (Å²) in [5.41, 5.74) is -0.0968. The van der Waals surface area contributed by atoms with E-state index in [0.29, 0.717) is 0 Å². The molecule has 0 spiro atoms. The maximum Gasteiger partial charge on any atom is 0.488 e. The molecule has 0 radical (unpaired) electrons. The van der Waals surface area contributed by atoms with Crippen LogP contribution in [0.2, 0.25) is 0 Å². The Morgan fingerprint density at radius 3 is 2.43 bits per heavy atom. The van der Waals surface area contributed by atoms with Crippen molar-refractivity contribution in [2.24, 2.45) is 0 Å². The number of hydrogen-bond donors (Lipinski definition) is 4. The van der Waals surface area contributed by atoms with Gasteiger partial charge in [-0.2, -0.15) is 0 Å². The molecule has 0 saturated heterocycles. The van der Waals surface area contributed by atoms with Crippen molar-refractivity contribution in [2.45, 2.75) is 6.61 Å². The second-order valence-corrected chi connectivity index (χ2v) is 2.71. The van der Waals surface area contributed by atoms with Gasteiger partial charge in [0.05, 0.1) is 12.2 Å². The number of carboxylic acid groups (broad SMARTS) is 1. The standard InChI is InChI=1S/C8H9BO5/c10-4-6-5(8(11)12)2-1-3-7(6)9(13)14/h1-3,10,13-14H,4H2,(H,11,12). The van der Waals surface area contributed by atoms with Crippen LogP contribution in [-0.4, -0.2) is 33.3 Å². The van der Waals surface area contributed by atoms with E-state index in [9.17, 15) is 4.79 Å². The van der Waals surface area contributed by atoms with E-state index in [1.165, 1.54) is 18.2 Å². The maximum atomic E-state index is 10.7. The molecule has 1 aromatic carbocycles. The zero-order valence-corrected chi connectivity index (χ0v) is 7.21. The Hall–Kier alpha value is -1.37. The second kappa shape index (κ2) is 4.23. The van der Waals surface area contributed by atoms with Gasteiger partial charge in [0, 0.05) is 0 Å². The van der Waals surface area contributed by atoms with Gasteiger partial charge in [-0.3, -0.25) is 0 Å². The number of carbonyl (C=O) groups is 1. The Labute approximate surface area is 80.4 Å². The topological polar surface area (TPSA) is 98.0 Å². The Morgan fingerprint density at radius 1 is 1.36 bits per heavy atom. The lowest BCUT2D eigenvalue weighted by molar-refractivity contribution is 0.0693. The first-order valence-electron chi connectivity index (χ1n) is 3.90. The molecule has 0 amide bonds. The van der Waals surface area contributed by atoms with Crippen LogP contribution in [0, 0.1) is 0 Å². The minimum Gasteiger partial charge on any atom is -0.478 e. The van der Waals surface area contributed by atoms with Crippen LogP contribution in [0.5, 0.6) is 0 Å². The van der Waals surface area contributed by atoms with Crippen LogP contribution in [-0.2, 0) is 6.61 Å². The molecule has 0 unspecified atom stereocenters. The molecule has 0 atom stereocenters. The normalized spacial score (nSPS) is 9.93. The highest BCUT2D eigenvalue weighted by atomic mass is 16.4. The van der Waals surface area contributed by atoms with E-state index in [4.69, 9.17) is 20.3 Å². The quantitative estimate of drug-likeness (QED) is 0.443. The molecule has 5 nitrogen and oxygen atoms in total. The van der Waals surface area contributed by atoms with Gasteiger partial charge in [-0.25, -0.2) is 4.79 Å². The number of hydrogen-bond acceptors (Lipinski definition) is 4. The largest absolute Gasteiger partial charge is 0.488 e. The van der Waals surface area contributed by atoms with Crippen molar-refractivity contribution < 1.29 is 25.1 Å². The van der Waals surface area contributed by atoms with Gasteiger partial charge in [-0.05, 0) is 17.1 Å². The number of aliphatic hydroxyl groups is 1. The van der Waals surface area contributed by atoms with E-state index in [-0.39, 0.29) is 16.6 Å². The third kappa shape index (κ3) is 1.93. The summed E-state index contributed by atoms with van der Waals surface area (Å²) in [7, 11) is -1.78. The first kappa shape index (κ1) is 10.7. The average molecular weight is 196 g/mol. The van der Waals surface area contributed by atoms with Crippen LogP contribution >= 0.6 is 0 Å². The number of benzene rings is 1. The van der Waals surface area contributed by atoms with Crippen molar-refractivity contribution in [3.8, 4) is 0 Å². The zero-order valence-electron chi connectivity index (χ0n) is 7.21. The van der Waals surface area contributed by atoms with Crippen LogP contribution in [0.3, 0.4) is 0 Å². The first-order valence-corrected chi connectivity index (χ1v) is 3.90. The predicted octanol–water partition coefficient (Wildman–Crippen LogP) is -1.44. The highest BCUT2D eigenvalue weighted by Crippen LogP contribution is 2.07. The average Bonchev–Trinajstić information content (AvgIpc) is 2.16. The van der Waals surface area contributed by atoms with Gasteiger partial charge in [0.1, 0.15) is 0 Å². The highest BCUT2D eigenvalue weighted by Gasteiger charge is 2.20. The fourth-order valence-electron chi connectivity index (χ4n) is 1.22. The lowest BCUT2D eigenvalue weighted by Crippen LogP contribution is -2.34. The summed E-state index contributed by atoms with van der Waals surface area (Å²) in [6.45, 7) is -0.546. The van der Waals surface area contributed by atoms with Gasteiger partial charge in [0.15, 0.2) is 0 Å². The third-order valence-electron chi connectivity index (χ3n) is 1.88. The molecule has 6 heteroatoms. The van der Waals surface area contributed by atoms with E-state index in [1.807, 2.05) is 0 Å². The number of carboxylic acids is 1. The number of rotatable bonds is 3.